The third kappa shape index (κ3) is 5.15. The van der Waals surface area contributed by atoms with Crippen LogP contribution in [0.4, 0.5) is 5.82 Å². The van der Waals surface area contributed by atoms with E-state index in [1.54, 1.807) is 12.7 Å². The summed E-state index contributed by atoms with van der Waals surface area (Å²) < 4.78 is 6.46. The van der Waals surface area contributed by atoms with Crippen molar-refractivity contribution in [2.75, 3.05) is 44.2 Å². The van der Waals surface area contributed by atoms with Crippen molar-refractivity contribution < 1.29 is 9.53 Å². The molecule has 4 heterocycles. The van der Waals surface area contributed by atoms with Crippen molar-refractivity contribution in [2.45, 2.75) is 44.7 Å². The van der Waals surface area contributed by atoms with Crippen LogP contribution in [0.2, 0.25) is 0 Å². The van der Waals surface area contributed by atoms with Crippen LogP contribution in [-0.4, -0.2) is 81.5 Å². The molecule has 2 fully saturated rings. The summed E-state index contributed by atoms with van der Waals surface area (Å²) in [7, 11) is 0. The second-order valence-corrected chi connectivity index (χ2v) is 10.3. The number of H-pyrrole nitrogens is 1. The molecule has 1 amide bonds. The van der Waals surface area contributed by atoms with Gasteiger partial charge in [0.25, 0.3) is 0 Å². The zero-order valence-corrected chi connectivity index (χ0v) is 21.8. The first-order valence-electron chi connectivity index (χ1n) is 13.8. The minimum absolute atomic E-state index is 0.218. The first kappa shape index (κ1) is 24.6. The monoisotopic (exact) mass is 513 g/mol. The van der Waals surface area contributed by atoms with Gasteiger partial charge in [0.05, 0.1) is 12.4 Å². The second-order valence-electron chi connectivity index (χ2n) is 10.3. The lowest BCUT2D eigenvalue weighted by molar-refractivity contribution is -0.118. The topological polar surface area (TPSA) is 90.5 Å². The Labute approximate surface area is 222 Å². The average Bonchev–Trinajstić information content (AvgIpc) is 3.65. The van der Waals surface area contributed by atoms with E-state index in [1.807, 2.05) is 11.0 Å². The average molecular weight is 514 g/mol. The number of hydrogen-bond acceptors (Lipinski definition) is 7. The highest BCUT2D eigenvalue weighted by Gasteiger charge is 2.28. The molecule has 1 N–H and O–H groups in total. The number of aromatic nitrogens is 4. The molecule has 2 aliphatic heterocycles. The highest BCUT2D eigenvalue weighted by atomic mass is 16.5. The third-order valence-electron chi connectivity index (χ3n) is 7.93. The van der Waals surface area contributed by atoms with Crippen LogP contribution in [0.3, 0.4) is 0 Å². The van der Waals surface area contributed by atoms with Gasteiger partial charge in [-0.1, -0.05) is 36.8 Å². The highest BCUT2D eigenvalue weighted by molar-refractivity contribution is 5.91. The molecule has 2 aromatic carbocycles. The van der Waals surface area contributed by atoms with Crippen LogP contribution in [-0.2, 0) is 11.3 Å². The van der Waals surface area contributed by atoms with Crippen molar-refractivity contribution in [3.8, 4) is 5.75 Å². The fourth-order valence-electron chi connectivity index (χ4n) is 5.88. The molecular weight excluding hydrogens is 478 g/mol. The van der Waals surface area contributed by atoms with E-state index in [9.17, 15) is 4.79 Å². The van der Waals surface area contributed by atoms with E-state index in [2.05, 4.69) is 60.1 Å². The number of carbonyl (C=O) groups is 1. The Balaban J connectivity index is 1.15. The number of rotatable bonds is 10. The maximum Gasteiger partial charge on any atom is 0.210 e. The molecule has 1 atom stereocenters. The molecule has 9 heteroatoms. The Kier molecular flexibility index (Phi) is 7.35. The first-order chi connectivity index (χ1) is 18.8. The Morgan fingerprint density at radius 2 is 1.87 bits per heavy atom. The van der Waals surface area contributed by atoms with Gasteiger partial charge in [0.15, 0.2) is 11.5 Å². The molecule has 198 valence electrons. The number of ether oxygens (including phenoxy) is 1. The van der Waals surface area contributed by atoms with Crippen LogP contribution >= 0.6 is 0 Å². The molecule has 4 aromatic rings. The Bertz CT molecular complexity index is 1380. The van der Waals surface area contributed by atoms with Gasteiger partial charge >= 0.3 is 0 Å². The number of anilines is 1. The molecule has 0 saturated carbocycles. The summed E-state index contributed by atoms with van der Waals surface area (Å²) in [4.78, 5) is 34.9. The number of benzene rings is 2. The molecular formula is C29H35N7O2. The number of fused-ring (bicyclic) bond motifs is 2. The molecule has 0 aliphatic carbocycles. The summed E-state index contributed by atoms with van der Waals surface area (Å²) in [5.41, 5.74) is 2.70. The van der Waals surface area contributed by atoms with Crippen molar-refractivity contribution in [3.05, 3.63) is 54.6 Å². The summed E-state index contributed by atoms with van der Waals surface area (Å²) >= 11 is 0. The van der Waals surface area contributed by atoms with E-state index < -0.39 is 0 Å². The number of imidazole rings is 1. The molecule has 2 saturated heterocycles. The lowest BCUT2D eigenvalue weighted by Crippen LogP contribution is -2.37. The zero-order chi connectivity index (χ0) is 25.7. The van der Waals surface area contributed by atoms with Crippen LogP contribution in [0.5, 0.6) is 5.75 Å². The fraction of sp³-hybridized carbons (Fsp3) is 0.448. The minimum atomic E-state index is 0.218. The van der Waals surface area contributed by atoms with Gasteiger partial charge in [-0.15, -0.1) is 0 Å². The van der Waals surface area contributed by atoms with Crippen LogP contribution in [0.25, 0.3) is 21.9 Å². The number of amides is 1. The summed E-state index contributed by atoms with van der Waals surface area (Å²) in [6.07, 6.45) is 10.2. The van der Waals surface area contributed by atoms with E-state index >= 15 is 0 Å². The van der Waals surface area contributed by atoms with Crippen molar-refractivity contribution in [2.24, 2.45) is 0 Å². The standard InChI is InChI=1S/C29H35N7O2/c37-21-35(16-15-34-12-4-1-5-13-34)17-22-10-11-26(25-9-3-2-8-24(22)25)38-18-23-7-6-14-36(23)29-27-28(31-19-30-27)32-20-33-29/h2-3,8-11,19-21,23H,1,4-7,12-18H2,(H,30,31,32,33). The van der Waals surface area contributed by atoms with Crippen molar-refractivity contribution in [1.29, 1.82) is 0 Å². The molecule has 6 rings (SSSR count). The van der Waals surface area contributed by atoms with Gasteiger partial charge in [-0.25, -0.2) is 15.0 Å². The first-order valence-corrected chi connectivity index (χ1v) is 13.8. The number of hydrogen-bond donors (Lipinski definition) is 1. The molecule has 2 aromatic heterocycles. The minimum Gasteiger partial charge on any atom is -0.491 e. The van der Waals surface area contributed by atoms with Gasteiger partial charge in [-0.05, 0) is 55.8 Å². The Hall–Kier alpha value is -3.72. The van der Waals surface area contributed by atoms with Crippen LogP contribution in [0.1, 0.15) is 37.7 Å². The van der Waals surface area contributed by atoms with Crippen LogP contribution in [0, 0.1) is 0 Å². The lowest BCUT2D eigenvalue weighted by Gasteiger charge is -2.29. The van der Waals surface area contributed by atoms with E-state index in [0.717, 1.165) is 85.4 Å². The van der Waals surface area contributed by atoms with Gasteiger partial charge in [-0.2, -0.15) is 0 Å². The van der Waals surface area contributed by atoms with E-state index in [-0.39, 0.29) is 6.04 Å². The number of nitrogens with zero attached hydrogens (tertiary/aromatic N) is 6. The summed E-state index contributed by atoms with van der Waals surface area (Å²) in [5.74, 6) is 1.76. The Morgan fingerprint density at radius 1 is 1.00 bits per heavy atom. The second kappa shape index (κ2) is 11.3. The van der Waals surface area contributed by atoms with Crippen molar-refractivity contribution >= 4 is 34.2 Å². The van der Waals surface area contributed by atoms with Crippen molar-refractivity contribution in [3.63, 3.8) is 0 Å². The van der Waals surface area contributed by atoms with Crippen LogP contribution in [0.15, 0.2) is 49.1 Å². The molecule has 2 aliphatic rings. The number of carbonyl (C=O) groups excluding carboxylic acids is 1. The highest BCUT2D eigenvalue weighted by Crippen LogP contribution is 2.32. The molecule has 1 unspecified atom stereocenters. The Morgan fingerprint density at radius 3 is 2.74 bits per heavy atom. The predicted molar refractivity (Wildman–Crippen MR) is 148 cm³/mol. The van der Waals surface area contributed by atoms with E-state index in [0.29, 0.717) is 18.8 Å². The van der Waals surface area contributed by atoms with E-state index in [4.69, 9.17) is 4.74 Å². The molecule has 38 heavy (non-hydrogen) atoms. The summed E-state index contributed by atoms with van der Waals surface area (Å²) in [6, 6.07) is 12.7. The van der Waals surface area contributed by atoms with Gasteiger partial charge in [0, 0.05) is 31.6 Å². The number of likely N-dealkylation sites (tertiary alicyclic amines) is 1. The molecule has 9 nitrogen and oxygen atoms in total. The lowest BCUT2D eigenvalue weighted by atomic mass is 10.0. The van der Waals surface area contributed by atoms with Gasteiger partial charge in [0.1, 0.15) is 24.2 Å². The predicted octanol–water partition coefficient (Wildman–Crippen LogP) is 4.00. The normalized spacial score (nSPS) is 18.3. The largest absolute Gasteiger partial charge is 0.491 e. The van der Waals surface area contributed by atoms with E-state index in [1.165, 1.54) is 19.3 Å². The molecule has 0 radical (unpaired) electrons. The smallest absolute Gasteiger partial charge is 0.210 e. The van der Waals surface area contributed by atoms with Gasteiger partial charge < -0.3 is 24.4 Å². The summed E-state index contributed by atoms with van der Waals surface area (Å²) in [5, 5.41) is 2.21. The number of aromatic amines is 1. The molecule has 0 spiro atoms. The van der Waals surface area contributed by atoms with Crippen LogP contribution < -0.4 is 9.64 Å². The van der Waals surface area contributed by atoms with Crippen molar-refractivity contribution in [1.82, 2.24) is 29.7 Å². The SMILES string of the molecule is O=CN(CCN1CCCCC1)Cc1ccc(OCC2CCCN2c2ncnc3nc[nH]c23)c2ccccc12. The number of piperidine rings is 1. The number of nitrogens with one attached hydrogen (secondary N) is 1. The zero-order valence-electron chi connectivity index (χ0n) is 21.8. The van der Waals surface area contributed by atoms with Gasteiger partial charge in [-0.3, -0.25) is 4.79 Å². The maximum absolute atomic E-state index is 11.9. The maximum atomic E-state index is 11.9. The summed E-state index contributed by atoms with van der Waals surface area (Å²) in [6.45, 7) is 6.07. The quantitative estimate of drug-likeness (QED) is 0.321. The van der Waals surface area contributed by atoms with Gasteiger partial charge in [0.2, 0.25) is 6.41 Å². The fourth-order valence-corrected chi connectivity index (χ4v) is 5.88. The third-order valence-corrected chi connectivity index (χ3v) is 7.93. The molecule has 0 bridgehead atoms.